The molecule has 2 fully saturated rings. The van der Waals surface area contributed by atoms with Crippen LogP contribution in [0.1, 0.15) is 19.3 Å². The van der Waals surface area contributed by atoms with Crippen molar-refractivity contribution in [1.29, 1.82) is 0 Å². The normalized spacial score (nSPS) is 23.6. The first-order chi connectivity index (χ1) is 11.2. The molecule has 2 aliphatic heterocycles. The lowest BCUT2D eigenvalue weighted by atomic mass is 10.1. The fourth-order valence-corrected chi connectivity index (χ4v) is 3.30. The molecule has 0 unspecified atom stereocenters. The molecule has 0 aliphatic carbocycles. The van der Waals surface area contributed by atoms with Crippen LogP contribution in [0.15, 0.2) is 18.6 Å². The molecule has 1 amide bonds. The molecule has 2 aliphatic rings. The number of nitrogens with zero attached hydrogens (tertiary/aromatic N) is 5. The number of aliphatic hydroxyl groups excluding tert-OH is 1. The van der Waals surface area contributed by atoms with E-state index in [4.69, 9.17) is 0 Å². The quantitative estimate of drug-likeness (QED) is 0.844. The Morgan fingerprint density at radius 2 is 1.96 bits per heavy atom. The van der Waals surface area contributed by atoms with Gasteiger partial charge < -0.3 is 14.9 Å². The number of amides is 1. The summed E-state index contributed by atoms with van der Waals surface area (Å²) in [5, 5.41) is 10.3. The molecule has 2 saturated heterocycles. The molecule has 23 heavy (non-hydrogen) atoms. The summed E-state index contributed by atoms with van der Waals surface area (Å²) >= 11 is 0. The second kappa shape index (κ2) is 7.70. The van der Waals surface area contributed by atoms with Gasteiger partial charge in [-0.2, -0.15) is 0 Å². The second-order valence-corrected chi connectivity index (χ2v) is 6.34. The van der Waals surface area contributed by atoms with Gasteiger partial charge in [-0.05, 0) is 19.3 Å². The van der Waals surface area contributed by atoms with Crippen molar-refractivity contribution in [3.8, 4) is 0 Å². The van der Waals surface area contributed by atoms with Crippen LogP contribution in [0.3, 0.4) is 0 Å². The maximum atomic E-state index is 12.4. The highest BCUT2D eigenvalue weighted by molar-refractivity contribution is 5.78. The van der Waals surface area contributed by atoms with Crippen molar-refractivity contribution in [2.45, 2.75) is 25.4 Å². The van der Waals surface area contributed by atoms with Crippen LogP contribution in [0, 0.1) is 0 Å². The number of aliphatic hydroxyl groups is 1. The van der Waals surface area contributed by atoms with Crippen LogP contribution in [-0.2, 0) is 4.79 Å². The van der Waals surface area contributed by atoms with Crippen LogP contribution in [0.25, 0.3) is 0 Å². The molecule has 7 heteroatoms. The Balaban J connectivity index is 1.56. The molecule has 0 aromatic carbocycles. The SMILES string of the molecule is O=C(CN1CCN(c2cnccn2)C[C@H](O)C1)N1CCCCC1. The van der Waals surface area contributed by atoms with Gasteiger partial charge in [0.2, 0.25) is 5.91 Å². The number of aromatic nitrogens is 2. The Labute approximate surface area is 136 Å². The Morgan fingerprint density at radius 1 is 1.13 bits per heavy atom. The molecule has 0 bridgehead atoms. The Kier molecular flexibility index (Phi) is 5.40. The summed E-state index contributed by atoms with van der Waals surface area (Å²) in [6.07, 6.45) is 7.95. The maximum Gasteiger partial charge on any atom is 0.236 e. The number of carbonyl (C=O) groups is 1. The number of β-amino-alcohol motifs (C(OH)–C–C–N with tert-alkyl or cyclic N) is 1. The van der Waals surface area contributed by atoms with Crippen LogP contribution in [0.4, 0.5) is 5.82 Å². The topological polar surface area (TPSA) is 72.8 Å². The summed E-state index contributed by atoms with van der Waals surface area (Å²) in [7, 11) is 0. The van der Waals surface area contributed by atoms with Crippen molar-refractivity contribution in [3.63, 3.8) is 0 Å². The van der Waals surface area contributed by atoms with Gasteiger partial charge >= 0.3 is 0 Å². The first kappa shape index (κ1) is 16.1. The molecule has 1 aromatic heterocycles. The van der Waals surface area contributed by atoms with Gasteiger partial charge in [0.25, 0.3) is 0 Å². The lowest BCUT2D eigenvalue weighted by molar-refractivity contribution is -0.133. The minimum absolute atomic E-state index is 0.185. The van der Waals surface area contributed by atoms with Crippen LogP contribution in [0.2, 0.25) is 0 Å². The number of hydrogen-bond acceptors (Lipinski definition) is 6. The van der Waals surface area contributed by atoms with E-state index < -0.39 is 6.10 Å². The summed E-state index contributed by atoms with van der Waals surface area (Å²) in [6.45, 7) is 4.67. The van der Waals surface area contributed by atoms with Gasteiger partial charge in [0, 0.05) is 51.7 Å². The van der Waals surface area contributed by atoms with Gasteiger partial charge in [0.1, 0.15) is 5.82 Å². The molecule has 0 spiro atoms. The van der Waals surface area contributed by atoms with E-state index in [9.17, 15) is 9.90 Å². The Morgan fingerprint density at radius 3 is 2.70 bits per heavy atom. The van der Waals surface area contributed by atoms with Crippen molar-refractivity contribution < 1.29 is 9.90 Å². The molecule has 3 rings (SSSR count). The molecule has 0 saturated carbocycles. The van der Waals surface area contributed by atoms with Crippen LogP contribution < -0.4 is 4.90 Å². The minimum atomic E-state index is -0.492. The predicted molar refractivity (Wildman–Crippen MR) is 87.1 cm³/mol. The minimum Gasteiger partial charge on any atom is -0.390 e. The van der Waals surface area contributed by atoms with Crippen LogP contribution in [-0.4, -0.2) is 82.7 Å². The van der Waals surface area contributed by atoms with Crippen molar-refractivity contribution in [2.75, 3.05) is 50.7 Å². The number of likely N-dealkylation sites (tertiary alicyclic amines) is 1. The summed E-state index contributed by atoms with van der Waals surface area (Å²) in [6, 6.07) is 0. The van der Waals surface area contributed by atoms with Gasteiger partial charge in [-0.15, -0.1) is 0 Å². The molecule has 0 radical (unpaired) electrons. The highest BCUT2D eigenvalue weighted by Crippen LogP contribution is 2.13. The number of rotatable bonds is 3. The average Bonchev–Trinajstić information content (AvgIpc) is 2.77. The van der Waals surface area contributed by atoms with Gasteiger partial charge in [-0.25, -0.2) is 4.98 Å². The van der Waals surface area contributed by atoms with Crippen molar-refractivity contribution >= 4 is 11.7 Å². The molecular weight excluding hydrogens is 294 g/mol. The highest BCUT2D eigenvalue weighted by Gasteiger charge is 2.25. The average molecular weight is 319 g/mol. The zero-order valence-electron chi connectivity index (χ0n) is 13.5. The summed E-state index contributed by atoms with van der Waals surface area (Å²) in [5.41, 5.74) is 0. The second-order valence-electron chi connectivity index (χ2n) is 6.34. The van der Waals surface area contributed by atoms with E-state index in [2.05, 4.69) is 14.9 Å². The Hall–Kier alpha value is -1.73. The molecule has 7 nitrogen and oxygen atoms in total. The number of hydrogen-bond donors (Lipinski definition) is 1. The zero-order valence-corrected chi connectivity index (χ0v) is 13.5. The van der Waals surface area contributed by atoms with Crippen molar-refractivity contribution in [1.82, 2.24) is 19.8 Å². The fourth-order valence-electron chi connectivity index (χ4n) is 3.30. The number of anilines is 1. The van der Waals surface area contributed by atoms with Crippen LogP contribution in [0.5, 0.6) is 0 Å². The third-order valence-electron chi connectivity index (χ3n) is 4.53. The van der Waals surface area contributed by atoms with Crippen molar-refractivity contribution in [2.24, 2.45) is 0 Å². The van der Waals surface area contributed by atoms with E-state index >= 15 is 0 Å². The maximum absolute atomic E-state index is 12.4. The monoisotopic (exact) mass is 319 g/mol. The molecule has 1 atom stereocenters. The number of piperidine rings is 1. The van der Waals surface area contributed by atoms with Gasteiger partial charge in [0.05, 0.1) is 18.8 Å². The van der Waals surface area contributed by atoms with Crippen molar-refractivity contribution in [3.05, 3.63) is 18.6 Å². The molecule has 1 aromatic rings. The van der Waals surface area contributed by atoms with E-state index in [0.29, 0.717) is 19.6 Å². The fraction of sp³-hybridized carbons (Fsp3) is 0.688. The summed E-state index contributed by atoms with van der Waals surface area (Å²) in [5.74, 6) is 0.959. The van der Waals surface area contributed by atoms with Crippen LogP contribution >= 0.6 is 0 Å². The zero-order chi connectivity index (χ0) is 16.1. The van der Waals surface area contributed by atoms with E-state index in [1.165, 1.54) is 6.42 Å². The molecule has 3 heterocycles. The van der Waals surface area contributed by atoms with Gasteiger partial charge in [-0.1, -0.05) is 0 Å². The summed E-state index contributed by atoms with van der Waals surface area (Å²) < 4.78 is 0. The Bertz CT molecular complexity index is 506. The lowest BCUT2D eigenvalue weighted by Gasteiger charge is -2.29. The molecular formula is C16H25N5O2. The van der Waals surface area contributed by atoms with E-state index in [1.807, 2.05) is 9.80 Å². The largest absolute Gasteiger partial charge is 0.390 e. The predicted octanol–water partition coefficient (Wildman–Crippen LogP) is -0.0280. The third kappa shape index (κ3) is 4.39. The smallest absolute Gasteiger partial charge is 0.236 e. The lowest BCUT2D eigenvalue weighted by Crippen LogP contribution is -2.44. The molecule has 1 N–H and O–H groups in total. The first-order valence-corrected chi connectivity index (χ1v) is 8.41. The summed E-state index contributed by atoms with van der Waals surface area (Å²) in [4.78, 5) is 26.8. The molecule has 126 valence electrons. The highest BCUT2D eigenvalue weighted by atomic mass is 16.3. The van der Waals surface area contributed by atoms with Gasteiger partial charge in [-0.3, -0.25) is 14.7 Å². The van der Waals surface area contributed by atoms with E-state index in [0.717, 1.165) is 44.8 Å². The van der Waals surface area contributed by atoms with Gasteiger partial charge in [0.15, 0.2) is 0 Å². The van der Waals surface area contributed by atoms with E-state index in [1.54, 1.807) is 18.6 Å². The number of carbonyl (C=O) groups excluding carboxylic acids is 1. The first-order valence-electron chi connectivity index (χ1n) is 8.41. The third-order valence-corrected chi connectivity index (χ3v) is 4.53. The standard InChI is InChI=1S/C16H25N5O2/c22-14-11-19(13-16(23)20-6-2-1-3-7-20)8-9-21(12-14)15-10-17-4-5-18-15/h4-5,10,14,22H,1-3,6-9,11-13H2/t14-/m1/s1. The van der Waals surface area contributed by atoms with E-state index in [-0.39, 0.29) is 5.91 Å².